The Bertz CT molecular complexity index is 612. The monoisotopic (exact) mass is 256 g/mol. The van der Waals surface area contributed by atoms with E-state index in [-0.39, 0.29) is 0 Å². The summed E-state index contributed by atoms with van der Waals surface area (Å²) in [6, 6.07) is 6.89. The summed E-state index contributed by atoms with van der Waals surface area (Å²) >= 11 is 0. The average Bonchev–Trinajstić information content (AvgIpc) is 2.98. The Kier molecular flexibility index (Phi) is 3.15. The highest BCUT2D eigenvalue weighted by Gasteiger charge is 2.11. The van der Waals surface area contributed by atoms with Crippen molar-refractivity contribution in [3.05, 3.63) is 35.5 Å². The second-order valence-electron chi connectivity index (χ2n) is 5.22. The number of aromatic nitrogens is 1. The molecule has 2 heterocycles. The van der Waals surface area contributed by atoms with Crippen LogP contribution in [0.25, 0.3) is 10.9 Å². The summed E-state index contributed by atoms with van der Waals surface area (Å²) in [5.74, 6) is 0.934. The molecule has 0 bridgehead atoms. The third-order valence-corrected chi connectivity index (χ3v) is 3.60. The minimum atomic E-state index is 0.457. The van der Waals surface area contributed by atoms with E-state index in [2.05, 4.69) is 58.9 Å². The lowest BCUT2D eigenvalue weighted by Gasteiger charge is -2.08. The average molecular weight is 256 g/mol. The number of aromatic amines is 1. The van der Waals surface area contributed by atoms with Gasteiger partial charge in [-0.15, -0.1) is 0 Å². The van der Waals surface area contributed by atoms with Crippen molar-refractivity contribution in [3.63, 3.8) is 0 Å². The number of benzene rings is 1. The van der Waals surface area contributed by atoms with Crippen molar-refractivity contribution < 1.29 is 0 Å². The van der Waals surface area contributed by atoms with Crippen LogP contribution in [0.3, 0.4) is 0 Å². The molecule has 4 nitrogen and oxygen atoms in total. The van der Waals surface area contributed by atoms with Crippen LogP contribution >= 0.6 is 0 Å². The van der Waals surface area contributed by atoms with Crippen molar-refractivity contribution in [1.29, 1.82) is 0 Å². The van der Waals surface area contributed by atoms with E-state index in [1.165, 1.54) is 22.0 Å². The Labute approximate surface area is 113 Å². The van der Waals surface area contributed by atoms with Crippen LogP contribution in [0.5, 0.6) is 0 Å². The second-order valence-corrected chi connectivity index (χ2v) is 5.22. The summed E-state index contributed by atoms with van der Waals surface area (Å²) < 4.78 is 0. The first-order valence-electron chi connectivity index (χ1n) is 6.84. The van der Waals surface area contributed by atoms with Crippen LogP contribution in [0.4, 0.5) is 0 Å². The van der Waals surface area contributed by atoms with E-state index in [0.29, 0.717) is 6.04 Å². The molecule has 0 saturated carbocycles. The molecule has 0 saturated heterocycles. The molecule has 1 aromatic heterocycles. The van der Waals surface area contributed by atoms with Gasteiger partial charge in [-0.1, -0.05) is 18.2 Å². The van der Waals surface area contributed by atoms with E-state index < -0.39 is 0 Å². The predicted octanol–water partition coefficient (Wildman–Crippen LogP) is 1.96. The number of H-pyrrole nitrogens is 1. The largest absolute Gasteiger partial charge is 0.361 e. The third kappa shape index (κ3) is 2.43. The van der Waals surface area contributed by atoms with Gasteiger partial charge in [0.05, 0.1) is 6.54 Å². The lowest BCUT2D eigenvalue weighted by atomic mass is 10.1. The highest BCUT2D eigenvalue weighted by Crippen LogP contribution is 2.21. The summed E-state index contributed by atoms with van der Waals surface area (Å²) in [6.45, 7) is 6.05. The van der Waals surface area contributed by atoms with Crippen LogP contribution in [0.1, 0.15) is 18.1 Å². The summed E-state index contributed by atoms with van der Waals surface area (Å²) in [5, 5.41) is 8.00. The number of fused-ring (bicyclic) bond motifs is 1. The lowest BCUT2D eigenvalue weighted by molar-refractivity contribution is 0.712. The van der Waals surface area contributed by atoms with Crippen LogP contribution in [0.15, 0.2) is 29.4 Å². The Balaban J connectivity index is 1.64. The molecular formula is C15H20N4. The molecule has 1 aliphatic heterocycles. The second kappa shape index (κ2) is 4.96. The Morgan fingerprint density at radius 2 is 2.32 bits per heavy atom. The first kappa shape index (κ1) is 12.1. The molecular weight excluding hydrogens is 236 g/mol. The number of guanidine groups is 1. The summed E-state index contributed by atoms with van der Waals surface area (Å²) in [5.41, 5.74) is 3.91. The number of hydrogen-bond acceptors (Lipinski definition) is 3. The smallest absolute Gasteiger partial charge is 0.191 e. The molecule has 0 spiro atoms. The molecule has 3 N–H and O–H groups in total. The summed E-state index contributed by atoms with van der Waals surface area (Å²) in [6.07, 6.45) is 3.12. The van der Waals surface area contributed by atoms with E-state index >= 15 is 0 Å². The van der Waals surface area contributed by atoms with Crippen LogP contribution in [0.2, 0.25) is 0 Å². The number of rotatable bonds is 3. The fourth-order valence-corrected chi connectivity index (χ4v) is 2.55. The van der Waals surface area contributed by atoms with Crippen LogP contribution < -0.4 is 10.6 Å². The van der Waals surface area contributed by atoms with Gasteiger partial charge in [0.2, 0.25) is 0 Å². The molecule has 1 aliphatic rings. The zero-order chi connectivity index (χ0) is 13.2. The minimum Gasteiger partial charge on any atom is -0.361 e. The van der Waals surface area contributed by atoms with E-state index in [1.54, 1.807) is 0 Å². The van der Waals surface area contributed by atoms with Crippen molar-refractivity contribution in [2.45, 2.75) is 26.3 Å². The van der Waals surface area contributed by atoms with Gasteiger partial charge in [0.15, 0.2) is 5.96 Å². The molecule has 0 fully saturated rings. The van der Waals surface area contributed by atoms with Gasteiger partial charge in [0.1, 0.15) is 0 Å². The van der Waals surface area contributed by atoms with Crippen molar-refractivity contribution in [2.75, 3.05) is 13.1 Å². The minimum absolute atomic E-state index is 0.457. The molecule has 4 heteroatoms. The maximum Gasteiger partial charge on any atom is 0.191 e. The van der Waals surface area contributed by atoms with Crippen LogP contribution in [-0.2, 0) is 6.42 Å². The standard InChI is InChI=1S/C15H20N4/c1-10-4-3-5-13-12(9-17-14(10)13)6-7-16-15-18-8-11(2)19-15/h3-5,9,11,17H,6-8H2,1-2H3,(H2,16,18,19). The van der Waals surface area contributed by atoms with Gasteiger partial charge in [0, 0.05) is 29.7 Å². The lowest BCUT2D eigenvalue weighted by Crippen LogP contribution is -2.38. The number of nitrogens with zero attached hydrogens (tertiary/aromatic N) is 1. The van der Waals surface area contributed by atoms with E-state index in [0.717, 1.165) is 25.5 Å². The number of aliphatic imine (C=N–C) groups is 1. The molecule has 19 heavy (non-hydrogen) atoms. The molecule has 0 amide bonds. The number of hydrogen-bond donors (Lipinski definition) is 3. The zero-order valence-electron chi connectivity index (χ0n) is 11.5. The third-order valence-electron chi connectivity index (χ3n) is 3.60. The van der Waals surface area contributed by atoms with E-state index in [1.807, 2.05) is 0 Å². The number of para-hydroxylation sites is 1. The molecule has 1 atom stereocenters. The molecule has 0 radical (unpaired) electrons. The van der Waals surface area contributed by atoms with Gasteiger partial charge in [-0.05, 0) is 31.4 Å². The van der Waals surface area contributed by atoms with Crippen LogP contribution in [-0.4, -0.2) is 30.1 Å². The van der Waals surface area contributed by atoms with Gasteiger partial charge < -0.3 is 15.6 Å². The number of aryl methyl sites for hydroxylation is 1. The van der Waals surface area contributed by atoms with E-state index in [4.69, 9.17) is 0 Å². The topological polar surface area (TPSA) is 52.2 Å². The van der Waals surface area contributed by atoms with Crippen molar-refractivity contribution in [3.8, 4) is 0 Å². The summed E-state index contributed by atoms with van der Waals surface area (Å²) in [4.78, 5) is 7.77. The van der Waals surface area contributed by atoms with E-state index in [9.17, 15) is 0 Å². The Hall–Kier alpha value is -1.97. The highest BCUT2D eigenvalue weighted by molar-refractivity contribution is 5.86. The van der Waals surface area contributed by atoms with Crippen molar-refractivity contribution >= 4 is 16.9 Å². The van der Waals surface area contributed by atoms with Gasteiger partial charge in [0.25, 0.3) is 0 Å². The van der Waals surface area contributed by atoms with Crippen LogP contribution in [0, 0.1) is 6.92 Å². The fourth-order valence-electron chi connectivity index (χ4n) is 2.55. The van der Waals surface area contributed by atoms with Gasteiger partial charge >= 0.3 is 0 Å². The SMILES string of the molecule is Cc1cccc2c(CCNC3=NCC(C)N3)c[nH]c12. The maximum absolute atomic E-state index is 4.40. The quantitative estimate of drug-likeness (QED) is 0.786. The Morgan fingerprint density at radius 3 is 3.11 bits per heavy atom. The van der Waals surface area contributed by atoms with Crippen molar-refractivity contribution in [2.24, 2.45) is 4.99 Å². The van der Waals surface area contributed by atoms with Gasteiger partial charge in [-0.3, -0.25) is 4.99 Å². The van der Waals surface area contributed by atoms with Gasteiger partial charge in [-0.2, -0.15) is 0 Å². The molecule has 3 rings (SSSR count). The number of nitrogens with one attached hydrogen (secondary N) is 3. The molecule has 100 valence electrons. The summed E-state index contributed by atoms with van der Waals surface area (Å²) in [7, 11) is 0. The molecule has 1 aromatic carbocycles. The fraction of sp³-hybridized carbons (Fsp3) is 0.400. The first-order chi connectivity index (χ1) is 9.24. The molecule has 1 unspecified atom stereocenters. The normalized spacial score (nSPS) is 18.4. The maximum atomic E-state index is 4.40. The molecule has 0 aliphatic carbocycles. The zero-order valence-corrected chi connectivity index (χ0v) is 11.5. The first-order valence-corrected chi connectivity index (χ1v) is 6.84. The predicted molar refractivity (Wildman–Crippen MR) is 79.6 cm³/mol. The van der Waals surface area contributed by atoms with Gasteiger partial charge in [-0.25, -0.2) is 0 Å². The highest BCUT2D eigenvalue weighted by atomic mass is 15.2. The molecule has 2 aromatic rings. The Morgan fingerprint density at radius 1 is 1.42 bits per heavy atom. The van der Waals surface area contributed by atoms with Crippen molar-refractivity contribution in [1.82, 2.24) is 15.6 Å².